The van der Waals surface area contributed by atoms with Gasteiger partial charge in [0, 0.05) is 35.5 Å². The van der Waals surface area contributed by atoms with Crippen molar-refractivity contribution < 1.29 is 20.8 Å². The van der Waals surface area contributed by atoms with Crippen LogP contribution < -0.4 is 0 Å². The minimum absolute atomic E-state index is 0.0835. The fraction of sp³-hybridized carbons (Fsp3) is 0.143. The van der Waals surface area contributed by atoms with Crippen molar-refractivity contribution in [3.05, 3.63) is 145 Å². The van der Waals surface area contributed by atoms with Gasteiger partial charge in [-0.05, 0) is 35.7 Å². The Morgan fingerprint density at radius 1 is 0.710 bits per heavy atom. The number of hydrogen-bond acceptors (Lipinski definition) is 0. The van der Waals surface area contributed by atoms with Gasteiger partial charge >= 0.3 is 37.9 Å². The molecule has 10 radical (unpaired) electrons. The first-order valence-corrected chi connectivity index (χ1v) is 16.7. The number of rotatable bonds is 3. The van der Waals surface area contributed by atoms with Crippen molar-refractivity contribution in [1.29, 1.82) is 0 Å². The number of benzene rings is 1. The van der Waals surface area contributed by atoms with Crippen LogP contribution in [-0.4, -0.2) is 0 Å². The average Bonchev–Trinajstić information content (AvgIpc) is 3.34. The maximum atomic E-state index is 4.93. The summed E-state index contributed by atoms with van der Waals surface area (Å²) in [5.74, 6) is 11.0. The SMILES string of the molecule is C[C]1[CH][C](c2ccccc2)[CH][C]1C(C)(C)[C]1[C]2C=CC=C[C]2[C]2C=CC=C[C]21.[Cl][Zr+2][Cl]. The Labute approximate surface area is 207 Å². The van der Waals surface area contributed by atoms with Crippen LogP contribution in [0.15, 0.2) is 78.9 Å². The van der Waals surface area contributed by atoms with Crippen molar-refractivity contribution in [3.8, 4) is 0 Å². The summed E-state index contributed by atoms with van der Waals surface area (Å²) in [7, 11) is 9.87. The fourth-order valence-corrected chi connectivity index (χ4v) is 4.92. The van der Waals surface area contributed by atoms with Crippen molar-refractivity contribution in [3.63, 3.8) is 0 Å². The van der Waals surface area contributed by atoms with Crippen molar-refractivity contribution in [2.24, 2.45) is 5.41 Å². The molecule has 0 spiro atoms. The van der Waals surface area contributed by atoms with E-state index in [-0.39, 0.29) is 5.41 Å². The molecule has 4 aliphatic carbocycles. The van der Waals surface area contributed by atoms with Gasteiger partial charge < -0.3 is 0 Å². The summed E-state index contributed by atoms with van der Waals surface area (Å²) in [6, 6.07) is 10.7. The van der Waals surface area contributed by atoms with Gasteiger partial charge in [0.2, 0.25) is 0 Å². The minimum atomic E-state index is -0.826. The second kappa shape index (κ2) is 10.3. The molecule has 4 aliphatic rings. The van der Waals surface area contributed by atoms with E-state index in [1.54, 1.807) is 0 Å². The van der Waals surface area contributed by atoms with Crippen LogP contribution in [-0.2, 0) is 20.8 Å². The van der Waals surface area contributed by atoms with Crippen LogP contribution >= 0.6 is 17.0 Å². The molecule has 0 saturated heterocycles. The third kappa shape index (κ3) is 4.67. The van der Waals surface area contributed by atoms with Crippen LogP contribution in [0, 0.1) is 65.6 Å². The van der Waals surface area contributed by atoms with Crippen LogP contribution in [0.3, 0.4) is 0 Å². The molecule has 0 heterocycles. The fourth-order valence-electron chi connectivity index (χ4n) is 4.92. The number of allylic oxidation sites excluding steroid dienone is 8. The first-order valence-electron chi connectivity index (χ1n) is 10.3. The zero-order chi connectivity index (χ0) is 22.0. The molecule has 0 unspecified atom stereocenters. The van der Waals surface area contributed by atoms with Crippen molar-refractivity contribution in [1.82, 2.24) is 0 Å². The van der Waals surface area contributed by atoms with Crippen molar-refractivity contribution in [2.75, 3.05) is 0 Å². The molecule has 152 valence electrons. The Balaban J connectivity index is 0.000000730. The Hall–Kier alpha value is -0.357. The van der Waals surface area contributed by atoms with Gasteiger partial charge in [-0.25, -0.2) is 0 Å². The topological polar surface area (TPSA) is 0 Å². The second-order valence-electron chi connectivity index (χ2n) is 8.37. The molecular weight excluding hydrogens is 498 g/mol. The van der Waals surface area contributed by atoms with E-state index in [1.807, 2.05) is 0 Å². The van der Waals surface area contributed by atoms with E-state index in [1.165, 1.54) is 52.9 Å². The second-order valence-corrected chi connectivity index (χ2v) is 12.1. The quantitative estimate of drug-likeness (QED) is 0.381. The van der Waals surface area contributed by atoms with Gasteiger partial charge in [-0.3, -0.25) is 0 Å². The molecule has 3 heteroatoms. The van der Waals surface area contributed by atoms with E-state index in [9.17, 15) is 0 Å². The van der Waals surface area contributed by atoms with Gasteiger partial charge in [-0.15, -0.1) is 0 Å². The van der Waals surface area contributed by atoms with Crippen LogP contribution in [0.4, 0.5) is 0 Å². The summed E-state index contributed by atoms with van der Waals surface area (Å²) in [4.78, 5) is 0. The molecule has 2 fully saturated rings. The molecule has 0 aromatic heterocycles. The summed E-state index contributed by atoms with van der Waals surface area (Å²) in [5.41, 5.74) is 1.20. The summed E-state index contributed by atoms with van der Waals surface area (Å²) in [6.07, 6.45) is 22.4. The Kier molecular flexibility index (Phi) is 7.89. The third-order valence-corrected chi connectivity index (χ3v) is 6.19. The van der Waals surface area contributed by atoms with Gasteiger partial charge in [0.15, 0.2) is 0 Å². The van der Waals surface area contributed by atoms with E-state index in [0.717, 1.165) is 0 Å². The van der Waals surface area contributed by atoms with E-state index in [4.69, 9.17) is 17.0 Å². The molecule has 31 heavy (non-hydrogen) atoms. The normalized spacial score (nSPS) is 23.6. The third-order valence-electron chi connectivity index (χ3n) is 6.19. The summed E-state index contributed by atoms with van der Waals surface area (Å²) in [5, 5.41) is 0. The van der Waals surface area contributed by atoms with E-state index >= 15 is 0 Å². The van der Waals surface area contributed by atoms with Crippen LogP contribution in [0.1, 0.15) is 26.3 Å². The van der Waals surface area contributed by atoms with Gasteiger partial charge in [0.1, 0.15) is 0 Å². The monoisotopic (exact) mass is 520 g/mol. The van der Waals surface area contributed by atoms with E-state index < -0.39 is 20.8 Å². The zero-order valence-electron chi connectivity index (χ0n) is 17.9. The summed E-state index contributed by atoms with van der Waals surface area (Å²) >= 11 is -0.826. The van der Waals surface area contributed by atoms with Gasteiger partial charge in [0.05, 0.1) is 0 Å². The molecule has 0 N–H and O–H groups in total. The molecule has 0 bridgehead atoms. The van der Waals surface area contributed by atoms with Crippen molar-refractivity contribution in [2.45, 2.75) is 20.8 Å². The molecule has 0 amide bonds. The predicted octanol–water partition coefficient (Wildman–Crippen LogP) is 7.74. The number of halogens is 2. The van der Waals surface area contributed by atoms with E-state index in [2.05, 4.69) is 113 Å². The molecule has 1 aromatic carbocycles. The molecule has 5 rings (SSSR count). The summed E-state index contributed by atoms with van der Waals surface area (Å²) in [6.45, 7) is 6.99. The molecular formula is C28H24Cl2Zr+2. The number of hydrogen-bond donors (Lipinski definition) is 0. The zero-order valence-corrected chi connectivity index (χ0v) is 21.9. The molecule has 0 atom stereocenters. The Morgan fingerprint density at radius 3 is 1.71 bits per heavy atom. The standard InChI is InChI=1S/C28H24.2ClH.Zr/c1-19-17-21(20-11-5-4-6-12-20)18-26(19)28(2,3)27-24-15-9-7-13-22(24)23-14-8-10-16-25(23)27;;;/h4-18H,1-3H3;2*1H;/q;;;+4/p-2. The van der Waals surface area contributed by atoms with Crippen LogP contribution in [0.5, 0.6) is 0 Å². The molecule has 2 saturated carbocycles. The van der Waals surface area contributed by atoms with Crippen molar-refractivity contribution >= 4 is 17.0 Å². The Bertz CT molecular complexity index is 819. The first-order chi connectivity index (χ1) is 15.0. The van der Waals surface area contributed by atoms with Gasteiger partial charge in [0.25, 0.3) is 0 Å². The first kappa shape index (κ1) is 23.8. The molecule has 0 nitrogen and oxygen atoms in total. The average molecular weight is 523 g/mol. The molecule has 1 aromatic rings. The maximum absolute atomic E-state index is 4.93. The van der Waals surface area contributed by atoms with E-state index in [0.29, 0.717) is 0 Å². The van der Waals surface area contributed by atoms with Crippen LogP contribution in [0.25, 0.3) is 0 Å². The van der Waals surface area contributed by atoms with Crippen LogP contribution in [0.2, 0.25) is 0 Å². The van der Waals surface area contributed by atoms with Gasteiger partial charge in [-0.2, -0.15) is 0 Å². The molecule has 0 aliphatic heterocycles. The number of fused-ring (bicyclic) bond motifs is 3. The predicted molar refractivity (Wildman–Crippen MR) is 128 cm³/mol. The summed E-state index contributed by atoms with van der Waals surface area (Å²) < 4.78 is 0. The Morgan fingerprint density at radius 2 is 1.19 bits per heavy atom. The van der Waals surface area contributed by atoms with Gasteiger partial charge in [-0.1, -0.05) is 99.7 Å².